The lowest BCUT2D eigenvalue weighted by Gasteiger charge is -2.29. The zero-order chi connectivity index (χ0) is 22.1. The molecule has 31 heavy (non-hydrogen) atoms. The van der Waals surface area contributed by atoms with Crippen LogP contribution in [-0.2, 0) is 20.0 Å². The average Bonchev–Trinajstić information content (AvgIpc) is 2.79. The van der Waals surface area contributed by atoms with Crippen LogP contribution in [0.1, 0.15) is 19.3 Å². The van der Waals surface area contributed by atoms with E-state index in [0.717, 1.165) is 19.3 Å². The van der Waals surface area contributed by atoms with Gasteiger partial charge in [-0.05, 0) is 49.2 Å². The lowest BCUT2D eigenvalue weighted by Crippen LogP contribution is -2.41. The first-order valence-electron chi connectivity index (χ1n) is 10.2. The molecule has 10 heteroatoms. The maximum absolute atomic E-state index is 13.0. The van der Waals surface area contributed by atoms with Crippen molar-refractivity contribution in [2.45, 2.75) is 35.2 Å². The second kappa shape index (κ2) is 8.78. The van der Waals surface area contributed by atoms with E-state index in [0.29, 0.717) is 24.6 Å². The number of benzene rings is 2. The molecule has 2 heterocycles. The molecule has 1 saturated heterocycles. The van der Waals surface area contributed by atoms with Crippen LogP contribution in [0.15, 0.2) is 58.3 Å². The minimum Gasteiger partial charge on any atom is -0.486 e. The molecule has 0 radical (unpaired) electrons. The Morgan fingerprint density at radius 1 is 0.903 bits per heavy atom. The minimum absolute atomic E-state index is 0.0322. The van der Waals surface area contributed by atoms with Crippen molar-refractivity contribution in [1.82, 2.24) is 8.61 Å². The van der Waals surface area contributed by atoms with Crippen molar-refractivity contribution in [2.24, 2.45) is 0 Å². The van der Waals surface area contributed by atoms with Gasteiger partial charge in [0.05, 0.1) is 16.3 Å². The van der Waals surface area contributed by atoms with Gasteiger partial charge in [0, 0.05) is 20.1 Å². The summed E-state index contributed by atoms with van der Waals surface area (Å²) in [6.07, 6.45) is 2.26. The summed E-state index contributed by atoms with van der Waals surface area (Å²) in [6.45, 7) is 1.34. The van der Waals surface area contributed by atoms with E-state index in [2.05, 4.69) is 0 Å². The van der Waals surface area contributed by atoms with E-state index in [1.54, 1.807) is 12.1 Å². The van der Waals surface area contributed by atoms with Gasteiger partial charge in [0.1, 0.15) is 12.7 Å². The summed E-state index contributed by atoms with van der Waals surface area (Å²) in [7, 11) is -5.95. The van der Waals surface area contributed by atoms with Crippen LogP contribution in [0.4, 0.5) is 0 Å². The summed E-state index contributed by atoms with van der Waals surface area (Å²) in [6, 6.07) is 12.6. The van der Waals surface area contributed by atoms with Gasteiger partial charge in [-0.1, -0.05) is 18.6 Å². The highest BCUT2D eigenvalue weighted by atomic mass is 32.2. The van der Waals surface area contributed by atoms with Crippen LogP contribution in [0.25, 0.3) is 0 Å². The number of piperidine rings is 1. The van der Waals surface area contributed by atoms with Crippen LogP contribution in [0.2, 0.25) is 0 Å². The molecule has 0 spiro atoms. The SMILES string of the molecule is CN(CC1COc2ccccc2O1)S(=O)(=O)c1ccc(S(=O)(=O)N2CCCCC2)cc1. The van der Waals surface area contributed by atoms with Crippen molar-refractivity contribution < 1.29 is 26.3 Å². The Hall–Kier alpha value is -2.14. The number of likely N-dealkylation sites (N-methyl/N-ethyl adjacent to an activating group) is 1. The quantitative estimate of drug-likeness (QED) is 0.649. The fourth-order valence-corrected chi connectivity index (χ4v) is 6.48. The number of hydrogen-bond acceptors (Lipinski definition) is 6. The van der Waals surface area contributed by atoms with Gasteiger partial charge in [-0.15, -0.1) is 0 Å². The van der Waals surface area contributed by atoms with Crippen LogP contribution in [0, 0.1) is 0 Å². The van der Waals surface area contributed by atoms with Gasteiger partial charge in [-0.2, -0.15) is 8.61 Å². The minimum atomic E-state index is -3.81. The Kier molecular flexibility index (Phi) is 6.25. The third kappa shape index (κ3) is 4.57. The predicted molar refractivity (Wildman–Crippen MR) is 115 cm³/mol. The highest BCUT2D eigenvalue weighted by Gasteiger charge is 2.30. The van der Waals surface area contributed by atoms with Gasteiger partial charge >= 0.3 is 0 Å². The number of nitrogens with zero attached hydrogens (tertiary/aromatic N) is 2. The van der Waals surface area contributed by atoms with Gasteiger partial charge in [0.2, 0.25) is 20.0 Å². The summed E-state index contributed by atoms with van der Waals surface area (Å²) in [5.74, 6) is 1.21. The summed E-state index contributed by atoms with van der Waals surface area (Å²) in [5.41, 5.74) is 0. The molecule has 2 aromatic rings. The molecule has 0 N–H and O–H groups in total. The molecule has 2 aromatic carbocycles. The summed E-state index contributed by atoms with van der Waals surface area (Å²) in [5, 5.41) is 0. The summed E-state index contributed by atoms with van der Waals surface area (Å²) >= 11 is 0. The van der Waals surface area contributed by atoms with Crippen LogP contribution in [0.5, 0.6) is 11.5 Å². The summed E-state index contributed by atoms with van der Waals surface area (Å²) < 4.78 is 65.7. The van der Waals surface area contributed by atoms with Crippen molar-refractivity contribution in [2.75, 3.05) is 33.3 Å². The Bertz CT molecular complexity index is 1130. The highest BCUT2D eigenvalue weighted by molar-refractivity contribution is 7.89. The van der Waals surface area contributed by atoms with E-state index >= 15 is 0 Å². The largest absolute Gasteiger partial charge is 0.486 e. The lowest BCUT2D eigenvalue weighted by molar-refractivity contribution is 0.0798. The fourth-order valence-electron chi connectivity index (χ4n) is 3.76. The van der Waals surface area contributed by atoms with Gasteiger partial charge in [-0.3, -0.25) is 0 Å². The van der Waals surface area contributed by atoms with E-state index in [9.17, 15) is 16.8 Å². The molecule has 0 saturated carbocycles. The average molecular weight is 467 g/mol. The molecule has 0 amide bonds. The highest BCUT2D eigenvalue weighted by Crippen LogP contribution is 2.31. The molecule has 1 atom stereocenters. The molecule has 0 aromatic heterocycles. The molecule has 4 rings (SSSR count). The summed E-state index contributed by atoms with van der Waals surface area (Å²) in [4.78, 5) is 0.140. The van der Waals surface area contributed by atoms with Gasteiger partial charge < -0.3 is 9.47 Å². The first-order chi connectivity index (χ1) is 14.8. The Morgan fingerprint density at radius 2 is 1.52 bits per heavy atom. The topological polar surface area (TPSA) is 93.2 Å². The molecule has 2 aliphatic heterocycles. The molecule has 0 bridgehead atoms. The van der Waals surface area contributed by atoms with Crippen LogP contribution < -0.4 is 9.47 Å². The zero-order valence-corrected chi connectivity index (χ0v) is 18.9. The van der Waals surface area contributed by atoms with Crippen molar-refractivity contribution in [3.63, 3.8) is 0 Å². The van der Waals surface area contributed by atoms with E-state index < -0.39 is 26.2 Å². The Balaban J connectivity index is 1.46. The predicted octanol–water partition coefficient (Wildman–Crippen LogP) is 2.32. The zero-order valence-electron chi connectivity index (χ0n) is 17.3. The number of para-hydroxylation sites is 2. The monoisotopic (exact) mass is 466 g/mol. The number of rotatable bonds is 6. The second-order valence-electron chi connectivity index (χ2n) is 7.72. The normalized spacial score (nSPS) is 20.0. The molecule has 1 unspecified atom stereocenters. The fraction of sp³-hybridized carbons (Fsp3) is 0.429. The number of sulfonamides is 2. The molecule has 0 aliphatic carbocycles. The third-order valence-corrected chi connectivity index (χ3v) is 9.26. The van der Waals surface area contributed by atoms with E-state index in [-0.39, 0.29) is 22.9 Å². The maximum Gasteiger partial charge on any atom is 0.243 e. The van der Waals surface area contributed by atoms with Crippen LogP contribution >= 0.6 is 0 Å². The van der Waals surface area contributed by atoms with E-state index in [1.807, 2.05) is 12.1 Å². The number of ether oxygens (including phenoxy) is 2. The standard InChI is InChI=1S/C21H26N2O6S2/c1-22(15-17-16-28-20-7-3-4-8-21(20)29-17)30(24,25)18-9-11-19(12-10-18)31(26,27)23-13-5-2-6-14-23/h3-4,7-12,17H,2,5-6,13-16H2,1H3. The first-order valence-corrected chi connectivity index (χ1v) is 13.1. The number of hydrogen-bond donors (Lipinski definition) is 0. The second-order valence-corrected chi connectivity index (χ2v) is 11.7. The smallest absolute Gasteiger partial charge is 0.243 e. The Labute approximate surface area is 183 Å². The number of fused-ring (bicyclic) bond motifs is 1. The van der Waals surface area contributed by atoms with Crippen molar-refractivity contribution in [3.8, 4) is 11.5 Å². The lowest BCUT2D eigenvalue weighted by atomic mass is 10.2. The maximum atomic E-state index is 13.0. The van der Waals surface area contributed by atoms with Crippen molar-refractivity contribution >= 4 is 20.0 Å². The van der Waals surface area contributed by atoms with Gasteiger partial charge in [-0.25, -0.2) is 16.8 Å². The van der Waals surface area contributed by atoms with Crippen molar-refractivity contribution in [1.29, 1.82) is 0 Å². The van der Waals surface area contributed by atoms with Gasteiger partial charge in [0.15, 0.2) is 11.5 Å². The molecular weight excluding hydrogens is 440 g/mol. The molecule has 2 aliphatic rings. The molecule has 8 nitrogen and oxygen atoms in total. The van der Waals surface area contributed by atoms with E-state index in [1.165, 1.54) is 39.9 Å². The van der Waals surface area contributed by atoms with Crippen LogP contribution in [-0.4, -0.2) is 64.8 Å². The van der Waals surface area contributed by atoms with Crippen molar-refractivity contribution in [3.05, 3.63) is 48.5 Å². The Morgan fingerprint density at radius 3 is 2.19 bits per heavy atom. The van der Waals surface area contributed by atoms with Gasteiger partial charge in [0.25, 0.3) is 0 Å². The molecular formula is C21H26N2O6S2. The van der Waals surface area contributed by atoms with Crippen LogP contribution in [0.3, 0.4) is 0 Å². The molecule has 1 fully saturated rings. The molecule has 168 valence electrons. The third-order valence-electron chi connectivity index (χ3n) is 5.51. The van der Waals surface area contributed by atoms with E-state index in [4.69, 9.17) is 9.47 Å². The first kappa shape index (κ1) is 22.1.